The summed E-state index contributed by atoms with van der Waals surface area (Å²) in [7, 11) is 1.82. The van der Waals surface area contributed by atoms with Gasteiger partial charge in [0.05, 0.1) is 12.2 Å². The van der Waals surface area contributed by atoms with Gasteiger partial charge < -0.3 is 9.84 Å². The molecular weight excluding hydrogens is 212 g/mol. The van der Waals surface area contributed by atoms with Crippen LogP contribution in [0.1, 0.15) is 58.3 Å². The molecule has 2 heteroatoms. The summed E-state index contributed by atoms with van der Waals surface area (Å²) in [6.07, 6.45) is 10.6. The van der Waals surface area contributed by atoms with Crippen molar-refractivity contribution in [2.45, 2.75) is 70.5 Å². The SMILES string of the molecule is CCC(CCCCC1CCC2CC(O)C12)OC. The maximum Gasteiger partial charge on any atom is 0.0576 e. The molecule has 0 aromatic heterocycles. The maximum absolute atomic E-state index is 9.79. The average molecular weight is 240 g/mol. The Morgan fingerprint density at radius 2 is 2.12 bits per heavy atom. The summed E-state index contributed by atoms with van der Waals surface area (Å²) in [5, 5.41) is 9.79. The quantitative estimate of drug-likeness (QED) is 0.691. The summed E-state index contributed by atoms with van der Waals surface area (Å²) in [6, 6.07) is 0. The lowest BCUT2D eigenvalue weighted by atomic mass is 9.69. The standard InChI is InChI=1S/C15H28O2/c1-3-13(17-2)7-5-4-6-11-8-9-12-10-14(16)15(11)12/h11-16H,3-10H2,1-2H3. The molecule has 0 bridgehead atoms. The Balaban J connectivity index is 1.59. The molecule has 5 unspecified atom stereocenters. The minimum Gasteiger partial charge on any atom is -0.393 e. The molecule has 2 aliphatic rings. The summed E-state index contributed by atoms with van der Waals surface area (Å²) < 4.78 is 5.40. The van der Waals surface area contributed by atoms with Crippen molar-refractivity contribution in [3.63, 3.8) is 0 Å². The van der Waals surface area contributed by atoms with Gasteiger partial charge in [-0.15, -0.1) is 0 Å². The molecule has 1 N–H and O–H groups in total. The van der Waals surface area contributed by atoms with E-state index in [0.717, 1.165) is 24.7 Å². The molecule has 5 atom stereocenters. The summed E-state index contributed by atoms with van der Waals surface area (Å²) in [6.45, 7) is 2.19. The van der Waals surface area contributed by atoms with Crippen molar-refractivity contribution in [3.05, 3.63) is 0 Å². The monoisotopic (exact) mass is 240 g/mol. The number of methoxy groups -OCH3 is 1. The second-order valence-corrected chi connectivity index (χ2v) is 6.03. The van der Waals surface area contributed by atoms with Gasteiger partial charge in [0.25, 0.3) is 0 Å². The number of hydrogen-bond acceptors (Lipinski definition) is 2. The first-order valence-corrected chi connectivity index (χ1v) is 7.47. The highest BCUT2D eigenvalue weighted by Crippen LogP contribution is 2.51. The van der Waals surface area contributed by atoms with Crippen LogP contribution in [0.3, 0.4) is 0 Å². The van der Waals surface area contributed by atoms with Crippen LogP contribution in [0.25, 0.3) is 0 Å². The van der Waals surface area contributed by atoms with Gasteiger partial charge in [0.15, 0.2) is 0 Å². The van der Waals surface area contributed by atoms with E-state index in [9.17, 15) is 5.11 Å². The van der Waals surface area contributed by atoms with E-state index >= 15 is 0 Å². The summed E-state index contributed by atoms with van der Waals surface area (Å²) in [5.74, 6) is 2.36. The molecule has 100 valence electrons. The molecule has 17 heavy (non-hydrogen) atoms. The van der Waals surface area contributed by atoms with Gasteiger partial charge in [-0.1, -0.05) is 26.2 Å². The van der Waals surface area contributed by atoms with E-state index in [0.29, 0.717) is 12.0 Å². The largest absolute Gasteiger partial charge is 0.393 e. The predicted molar refractivity (Wildman–Crippen MR) is 69.9 cm³/mol. The molecule has 0 heterocycles. The number of fused-ring (bicyclic) bond motifs is 1. The number of rotatable bonds is 7. The third-order valence-corrected chi connectivity index (χ3v) is 5.13. The third kappa shape index (κ3) is 3.03. The van der Waals surface area contributed by atoms with E-state index in [1.165, 1.54) is 38.5 Å². The maximum atomic E-state index is 9.79. The zero-order chi connectivity index (χ0) is 12.3. The van der Waals surface area contributed by atoms with Gasteiger partial charge in [-0.3, -0.25) is 0 Å². The Labute approximate surface area is 106 Å². The van der Waals surface area contributed by atoms with Crippen LogP contribution in [0.4, 0.5) is 0 Å². The van der Waals surface area contributed by atoms with Crippen molar-refractivity contribution in [1.29, 1.82) is 0 Å². The van der Waals surface area contributed by atoms with Gasteiger partial charge in [-0.05, 0) is 49.9 Å². The van der Waals surface area contributed by atoms with Crippen molar-refractivity contribution in [2.24, 2.45) is 17.8 Å². The number of hydrogen-bond donors (Lipinski definition) is 1. The molecule has 2 rings (SSSR count). The molecule has 0 spiro atoms. The first-order valence-electron chi connectivity index (χ1n) is 7.47. The van der Waals surface area contributed by atoms with Crippen LogP contribution in [-0.2, 0) is 4.74 Å². The second-order valence-electron chi connectivity index (χ2n) is 6.03. The smallest absolute Gasteiger partial charge is 0.0576 e. The van der Waals surface area contributed by atoms with Crippen LogP contribution in [0.15, 0.2) is 0 Å². The predicted octanol–water partition coefficient (Wildman–Crippen LogP) is 3.38. The summed E-state index contributed by atoms with van der Waals surface area (Å²) >= 11 is 0. The molecule has 0 saturated heterocycles. The van der Waals surface area contributed by atoms with Crippen molar-refractivity contribution < 1.29 is 9.84 Å². The summed E-state index contributed by atoms with van der Waals surface area (Å²) in [4.78, 5) is 0. The van der Waals surface area contributed by atoms with Crippen molar-refractivity contribution in [1.82, 2.24) is 0 Å². The lowest BCUT2D eigenvalue weighted by molar-refractivity contribution is -0.0369. The van der Waals surface area contributed by atoms with Gasteiger partial charge in [0.2, 0.25) is 0 Å². The van der Waals surface area contributed by atoms with Crippen LogP contribution in [-0.4, -0.2) is 24.4 Å². The van der Waals surface area contributed by atoms with E-state index in [1.54, 1.807) is 0 Å². The lowest BCUT2D eigenvalue weighted by Gasteiger charge is -2.40. The number of aliphatic hydroxyl groups excluding tert-OH is 1. The normalized spacial score (nSPS) is 37.6. The van der Waals surface area contributed by atoms with E-state index in [2.05, 4.69) is 6.92 Å². The fourth-order valence-electron chi connectivity index (χ4n) is 3.98. The Bertz CT molecular complexity index is 225. The first kappa shape index (κ1) is 13.4. The van der Waals surface area contributed by atoms with Crippen LogP contribution in [0.5, 0.6) is 0 Å². The third-order valence-electron chi connectivity index (χ3n) is 5.13. The lowest BCUT2D eigenvalue weighted by Crippen LogP contribution is -2.40. The Hall–Kier alpha value is -0.0800. The number of unbranched alkanes of at least 4 members (excludes halogenated alkanes) is 1. The van der Waals surface area contributed by atoms with Crippen molar-refractivity contribution >= 4 is 0 Å². The van der Waals surface area contributed by atoms with Gasteiger partial charge >= 0.3 is 0 Å². The van der Waals surface area contributed by atoms with E-state index in [1.807, 2.05) is 7.11 Å². The second kappa shape index (κ2) is 6.19. The van der Waals surface area contributed by atoms with E-state index in [-0.39, 0.29) is 6.10 Å². The first-order chi connectivity index (χ1) is 8.26. The molecule has 0 aromatic rings. The zero-order valence-corrected chi connectivity index (χ0v) is 11.4. The van der Waals surface area contributed by atoms with Crippen LogP contribution in [0.2, 0.25) is 0 Å². The number of aliphatic hydroxyl groups is 1. The fourth-order valence-corrected chi connectivity index (χ4v) is 3.98. The topological polar surface area (TPSA) is 29.5 Å². The van der Waals surface area contributed by atoms with Gasteiger partial charge in [-0.2, -0.15) is 0 Å². The average Bonchev–Trinajstić information content (AvgIpc) is 2.65. The molecule has 2 nitrogen and oxygen atoms in total. The van der Waals surface area contributed by atoms with Crippen molar-refractivity contribution in [3.8, 4) is 0 Å². The molecule has 2 saturated carbocycles. The Morgan fingerprint density at radius 3 is 2.76 bits per heavy atom. The van der Waals surface area contributed by atoms with E-state index in [4.69, 9.17) is 4.74 Å². The minimum atomic E-state index is 0.0369. The molecule has 0 amide bonds. The van der Waals surface area contributed by atoms with E-state index < -0.39 is 0 Å². The summed E-state index contributed by atoms with van der Waals surface area (Å²) in [5.41, 5.74) is 0. The highest BCUT2D eigenvalue weighted by Gasteiger charge is 2.48. The highest BCUT2D eigenvalue weighted by atomic mass is 16.5. The zero-order valence-electron chi connectivity index (χ0n) is 11.4. The molecule has 2 fully saturated rings. The van der Waals surface area contributed by atoms with Crippen molar-refractivity contribution in [2.75, 3.05) is 7.11 Å². The molecule has 0 radical (unpaired) electrons. The number of ether oxygens (including phenoxy) is 1. The van der Waals surface area contributed by atoms with Gasteiger partial charge in [0.1, 0.15) is 0 Å². The molecular formula is C15H28O2. The molecule has 0 aromatic carbocycles. The minimum absolute atomic E-state index is 0.0369. The van der Waals surface area contributed by atoms with Crippen LogP contribution < -0.4 is 0 Å². The molecule has 2 aliphatic carbocycles. The van der Waals surface area contributed by atoms with Gasteiger partial charge in [-0.25, -0.2) is 0 Å². The fraction of sp³-hybridized carbons (Fsp3) is 1.00. The van der Waals surface area contributed by atoms with Crippen LogP contribution in [0, 0.1) is 17.8 Å². The molecule has 0 aliphatic heterocycles. The Kier molecular flexibility index (Phi) is 4.87. The van der Waals surface area contributed by atoms with Crippen LogP contribution >= 0.6 is 0 Å². The highest BCUT2D eigenvalue weighted by molar-refractivity contribution is 4.98. The van der Waals surface area contributed by atoms with Gasteiger partial charge in [0, 0.05) is 7.11 Å². The Morgan fingerprint density at radius 1 is 1.29 bits per heavy atom.